The molecular formula is C34H34N4O10. The van der Waals surface area contributed by atoms with Gasteiger partial charge in [0.1, 0.15) is 0 Å². The molecule has 0 spiro atoms. The standard InChI is InChI=1S/C34H34N4O10/c1-41-23-7-6-17(8-24(23)42-2)13-38-14-22(36-37-38)33(39)35-31-20-12-26-25(47-16-48-26)11-19(20)29(30-21(31)15-46-34(30)40)18-9-27(43-3)32(45-5)28(10-18)44-4/h6-12,14,21,29-31H,13,15-16H2,1-5H3,(H,35,39)/t21-,29+,30-,31-/m0/s1. The van der Waals surface area contributed by atoms with Gasteiger partial charge in [0.05, 0.1) is 66.9 Å². The second-order valence-electron chi connectivity index (χ2n) is 11.5. The van der Waals surface area contributed by atoms with Crippen LogP contribution in [0.1, 0.15) is 44.7 Å². The highest BCUT2D eigenvalue weighted by atomic mass is 16.7. The Morgan fingerprint density at radius 2 is 1.54 bits per heavy atom. The van der Waals surface area contributed by atoms with E-state index in [1.165, 1.54) is 21.3 Å². The fourth-order valence-corrected chi connectivity index (χ4v) is 6.89. The summed E-state index contributed by atoms with van der Waals surface area (Å²) in [5.74, 6) is 1.22. The minimum atomic E-state index is -0.647. The Morgan fingerprint density at radius 1 is 0.854 bits per heavy atom. The van der Waals surface area contributed by atoms with Crippen LogP contribution in [-0.4, -0.2) is 75.8 Å². The number of hydrogen-bond donors (Lipinski definition) is 1. The van der Waals surface area contributed by atoms with Crippen LogP contribution in [0.2, 0.25) is 0 Å². The van der Waals surface area contributed by atoms with Crippen molar-refractivity contribution in [3.8, 4) is 40.2 Å². The monoisotopic (exact) mass is 658 g/mol. The quantitative estimate of drug-likeness (QED) is 0.249. The Balaban J connectivity index is 1.24. The number of carbonyl (C=O) groups is 2. The molecule has 1 amide bonds. The fraction of sp³-hybridized carbons (Fsp3) is 0.353. The van der Waals surface area contributed by atoms with E-state index in [1.54, 1.807) is 31.2 Å². The van der Waals surface area contributed by atoms with Gasteiger partial charge in [0.15, 0.2) is 40.2 Å². The molecule has 48 heavy (non-hydrogen) atoms. The molecule has 1 aliphatic carbocycles. The number of ether oxygens (including phenoxy) is 8. The van der Waals surface area contributed by atoms with Crippen LogP contribution in [0.5, 0.6) is 40.2 Å². The van der Waals surface area contributed by atoms with Crippen LogP contribution in [0.4, 0.5) is 0 Å². The van der Waals surface area contributed by atoms with E-state index in [0.29, 0.717) is 46.8 Å². The number of nitrogens with one attached hydrogen (secondary N) is 1. The number of fused-ring (bicyclic) bond motifs is 3. The van der Waals surface area contributed by atoms with Gasteiger partial charge in [-0.05, 0) is 58.7 Å². The van der Waals surface area contributed by atoms with Crippen LogP contribution in [0, 0.1) is 11.8 Å². The number of rotatable bonds is 10. The van der Waals surface area contributed by atoms with E-state index < -0.39 is 29.7 Å². The van der Waals surface area contributed by atoms with E-state index in [-0.39, 0.29) is 25.1 Å². The maximum absolute atomic E-state index is 13.8. The third-order valence-corrected chi connectivity index (χ3v) is 9.08. The van der Waals surface area contributed by atoms with Crippen molar-refractivity contribution >= 4 is 11.9 Å². The van der Waals surface area contributed by atoms with Gasteiger partial charge in [0.2, 0.25) is 12.5 Å². The highest BCUT2D eigenvalue weighted by molar-refractivity contribution is 5.92. The second kappa shape index (κ2) is 12.5. The van der Waals surface area contributed by atoms with E-state index >= 15 is 0 Å². The lowest BCUT2D eigenvalue weighted by molar-refractivity contribution is -0.141. The molecule has 1 aromatic heterocycles. The lowest BCUT2D eigenvalue weighted by Gasteiger charge is -2.39. The first-order chi connectivity index (χ1) is 23.4. The molecule has 3 aliphatic rings. The van der Waals surface area contributed by atoms with Crippen LogP contribution in [0.3, 0.4) is 0 Å². The normalized spacial score (nSPS) is 20.3. The van der Waals surface area contributed by atoms with Crippen LogP contribution in [0.25, 0.3) is 0 Å². The third-order valence-electron chi connectivity index (χ3n) is 9.08. The molecule has 250 valence electrons. The Hall–Kier alpha value is -5.66. The maximum Gasteiger partial charge on any atom is 0.310 e. The van der Waals surface area contributed by atoms with Gasteiger partial charge in [-0.1, -0.05) is 11.3 Å². The largest absolute Gasteiger partial charge is 0.493 e. The lowest BCUT2D eigenvalue weighted by Crippen LogP contribution is -2.43. The summed E-state index contributed by atoms with van der Waals surface area (Å²) in [5, 5.41) is 11.5. The predicted molar refractivity (Wildman–Crippen MR) is 167 cm³/mol. The van der Waals surface area contributed by atoms with E-state index in [1.807, 2.05) is 36.4 Å². The average molecular weight is 659 g/mol. The number of esters is 1. The molecule has 0 bridgehead atoms. The summed E-state index contributed by atoms with van der Waals surface area (Å²) in [6, 6.07) is 12.3. The van der Waals surface area contributed by atoms with Gasteiger partial charge >= 0.3 is 5.97 Å². The molecule has 4 aromatic rings. The third kappa shape index (κ3) is 5.22. The Morgan fingerprint density at radius 3 is 2.21 bits per heavy atom. The molecule has 1 fully saturated rings. The maximum atomic E-state index is 13.8. The number of benzene rings is 3. The zero-order valence-corrected chi connectivity index (χ0v) is 27.0. The number of aromatic nitrogens is 3. The van der Waals surface area contributed by atoms with Gasteiger partial charge in [-0.3, -0.25) is 9.59 Å². The van der Waals surface area contributed by atoms with Gasteiger partial charge in [0.25, 0.3) is 5.91 Å². The van der Waals surface area contributed by atoms with Gasteiger partial charge in [-0.15, -0.1) is 5.10 Å². The average Bonchev–Trinajstić information content (AvgIpc) is 3.87. The van der Waals surface area contributed by atoms with Crippen molar-refractivity contribution in [3.63, 3.8) is 0 Å². The summed E-state index contributed by atoms with van der Waals surface area (Å²) >= 11 is 0. The smallest absolute Gasteiger partial charge is 0.310 e. The van der Waals surface area contributed by atoms with Crippen molar-refractivity contribution in [3.05, 3.63) is 76.6 Å². The number of nitrogens with zero attached hydrogens (tertiary/aromatic N) is 3. The molecule has 14 nitrogen and oxygen atoms in total. The highest BCUT2D eigenvalue weighted by Gasteiger charge is 2.53. The molecule has 4 atom stereocenters. The molecule has 1 N–H and O–H groups in total. The Kier molecular flexibility index (Phi) is 8.07. The summed E-state index contributed by atoms with van der Waals surface area (Å²) in [6.45, 7) is 0.511. The van der Waals surface area contributed by atoms with Crippen LogP contribution >= 0.6 is 0 Å². The van der Waals surface area contributed by atoms with E-state index in [4.69, 9.17) is 37.9 Å². The molecule has 14 heteroatoms. The number of methoxy groups -OCH3 is 5. The molecule has 0 radical (unpaired) electrons. The lowest BCUT2D eigenvalue weighted by atomic mass is 9.65. The SMILES string of the molecule is COc1ccc(Cn2cc(C(=O)N[C@H]3c4cc5c(cc4[C@@H](c4cc(OC)c(OC)c(OC)c4)[C@H]4C(=O)OC[C@@H]43)OCO5)nn2)cc1OC. The van der Waals surface area contributed by atoms with Crippen LogP contribution in [0.15, 0.2) is 48.7 Å². The molecule has 0 saturated carbocycles. The van der Waals surface area contributed by atoms with Crippen molar-refractivity contribution in [2.45, 2.75) is 18.5 Å². The number of cyclic esters (lactones) is 1. The van der Waals surface area contributed by atoms with E-state index in [9.17, 15) is 9.59 Å². The van der Waals surface area contributed by atoms with Crippen LogP contribution < -0.4 is 38.5 Å². The van der Waals surface area contributed by atoms with Crippen molar-refractivity contribution in [2.24, 2.45) is 11.8 Å². The number of carbonyl (C=O) groups excluding carboxylic acids is 2. The van der Waals surface area contributed by atoms with E-state index in [0.717, 1.165) is 22.3 Å². The first-order valence-corrected chi connectivity index (χ1v) is 15.2. The Labute approximate surface area is 275 Å². The summed E-state index contributed by atoms with van der Waals surface area (Å²) in [4.78, 5) is 27.3. The zero-order valence-electron chi connectivity index (χ0n) is 27.0. The molecular weight excluding hydrogens is 624 g/mol. The summed E-state index contributed by atoms with van der Waals surface area (Å²) < 4.78 is 46.3. The summed E-state index contributed by atoms with van der Waals surface area (Å²) in [6.07, 6.45) is 1.57. The van der Waals surface area contributed by atoms with Gasteiger partial charge < -0.3 is 43.2 Å². The first-order valence-electron chi connectivity index (χ1n) is 15.2. The zero-order chi connectivity index (χ0) is 33.5. The molecule has 7 rings (SSSR count). The van der Waals surface area contributed by atoms with Gasteiger partial charge in [-0.25, -0.2) is 4.68 Å². The Bertz CT molecular complexity index is 1870. The van der Waals surface area contributed by atoms with Gasteiger partial charge in [-0.2, -0.15) is 0 Å². The predicted octanol–water partition coefficient (Wildman–Crippen LogP) is 3.50. The topological polar surface area (TPSA) is 151 Å². The molecule has 1 saturated heterocycles. The number of hydrogen-bond acceptors (Lipinski definition) is 12. The second-order valence-corrected chi connectivity index (χ2v) is 11.5. The van der Waals surface area contributed by atoms with Crippen LogP contribution in [-0.2, 0) is 16.1 Å². The fourth-order valence-electron chi connectivity index (χ4n) is 6.89. The molecule has 0 unspecified atom stereocenters. The first kappa shape index (κ1) is 31.0. The van der Waals surface area contributed by atoms with Crippen molar-refractivity contribution < 1.29 is 47.5 Å². The number of amides is 1. The molecule has 3 heterocycles. The van der Waals surface area contributed by atoms with Gasteiger partial charge in [0, 0.05) is 11.8 Å². The van der Waals surface area contributed by atoms with Crippen molar-refractivity contribution in [2.75, 3.05) is 48.9 Å². The minimum Gasteiger partial charge on any atom is -0.493 e. The van der Waals surface area contributed by atoms with Crippen molar-refractivity contribution in [1.82, 2.24) is 20.3 Å². The van der Waals surface area contributed by atoms with E-state index in [2.05, 4.69) is 15.6 Å². The minimum absolute atomic E-state index is 0.0577. The summed E-state index contributed by atoms with van der Waals surface area (Å²) in [7, 11) is 7.74. The van der Waals surface area contributed by atoms with Crippen molar-refractivity contribution in [1.29, 1.82) is 0 Å². The highest BCUT2D eigenvalue weighted by Crippen LogP contribution is 2.55. The summed E-state index contributed by atoms with van der Waals surface area (Å²) in [5.41, 5.74) is 3.29. The molecule has 3 aromatic carbocycles. The molecule has 2 aliphatic heterocycles.